The van der Waals surface area contributed by atoms with Gasteiger partial charge in [0.2, 0.25) is 0 Å². The molecule has 0 N–H and O–H groups in total. The van der Waals surface area contributed by atoms with Crippen molar-refractivity contribution in [2.24, 2.45) is 5.41 Å². The van der Waals surface area contributed by atoms with Gasteiger partial charge in [0, 0.05) is 0 Å². The molecule has 0 aromatic heterocycles. The molecular weight excluding hydrogens is 271 g/mol. The standard InChI is InChI=1S/C9H13.C5H5.CH2.Zr/c1-9(2,3)8-6-4-5-7-8;1-2-4-5-3-1;;/h6-7H,4H2,1-3H3;1-3H,4H2;1H2;/q2*-1;;+2. The maximum absolute atomic E-state index is 3.34. The molecule has 0 heterocycles. The summed E-state index contributed by atoms with van der Waals surface area (Å²) in [6.07, 6.45) is 18.5. The molecular formula is C15H20Zr. The second-order valence-electron chi connectivity index (χ2n) is 4.47. The van der Waals surface area contributed by atoms with E-state index in [1.165, 1.54) is 29.8 Å². The van der Waals surface area contributed by atoms with Crippen LogP contribution < -0.4 is 0 Å². The van der Waals surface area contributed by atoms with Crippen molar-refractivity contribution in [2.45, 2.75) is 33.6 Å². The van der Waals surface area contributed by atoms with Crippen molar-refractivity contribution in [3.8, 4) is 0 Å². The molecule has 0 radical (unpaired) electrons. The molecule has 0 aromatic rings. The first kappa shape index (κ1) is 15.7. The topological polar surface area (TPSA) is 0 Å². The minimum absolute atomic E-state index is 0.323. The summed E-state index contributed by atoms with van der Waals surface area (Å²) >= 11 is 1.30. The van der Waals surface area contributed by atoms with Gasteiger partial charge in [0.1, 0.15) is 0 Å². The first-order valence-electron chi connectivity index (χ1n) is 5.45. The van der Waals surface area contributed by atoms with Crippen molar-refractivity contribution in [2.75, 3.05) is 0 Å². The molecule has 2 rings (SSSR count). The van der Waals surface area contributed by atoms with Crippen molar-refractivity contribution >= 4 is 4.21 Å². The van der Waals surface area contributed by atoms with Crippen LogP contribution in [-0.2, 0) is 24.2 Å². The second-order valence-corrected chi connectivity index (χ2v) is 4.47. The van der Waals surface area contributed by atoms with Crippen LogP contribution in [0.5, 0.6) is 0 Å². The van der Waals surface area contributed by atoms with E-state index >= 15 is 0 Å². The van der Waals surface area contributed by atoms with Crippen LogP contribution in [0.3, 0.4) is 0 Å². The van der Waals surface area contributed by atoms with E-state index in [1.807, 2.05) is 12.2 Å². The molecule has 0 saturated heterocycles. The first-order chi connectivity index (χ1) is 7.61. The van der Waals surface area contributed by atoms with E-state index in [0.29, 0.717) is 5.41 Å². The van der Waals surface area contributed by atoms with Gasteiger partial charge in [0.25, 0.3) is 0 Å². The van der Waals surface area contributed by atoms with Crippen LogP contribution in [0.1, 0.15) is 33.6 Å². The number of allylic oxidation sites excluding steroid dienone is 8. The Morgan fingerprint density at radius 3 is 2.06 bits per heavy atom. The molecule has 0 fully saturated rings. The van der Waals surface area contributed by atoms with Gasteiger partial charge in [0.15, 0.2) is 0 Å². The Labute approximate surface area is 115 Å². The summed E-state index contributed by atoms with van der Waals surface area (Å²) in [5.41, 5.74) is 1.74. The summed E-state index contributed by atoms with van der Waals surface area (Å²) in [5.74, 6) is 0. The van der Waals surface area contributed by atoms with E-state index in [9.17, 15) is 0 Å². The van der Waals surface area contributed by atoms with Gasteiger partial charge in [-0.1, -0.05) is 26.2 Å². The molecule has 0 aliphatic heterocycles. The molecule has 0 unspecified atom stereocenters. The van der Waals surface area contributed by atoms with Gasteiger partial charge in [-0.3, -0.25) is 12.2 Å². The fourth-order valence-corrected chi connectivity index (χ4v) is 1.26. The molecule has 1 heteroatoms. The molecule has 2 aliphatic rings. The SMILES string of the molecule is CC(C)(C)C1=CC[C-]=C1.[C-]1=CC=CC1.[CH2]=[Zr+2]. The van der Waals surface area contributed by atoms with E-state index in [2.05, 4.69) is 55.4 Å². The summed E-state index contributed by atoms with van der Waals surface area (Å²) in [5, 5.41) is 0. The Kier molecular flexibility index (Phi) is 8.66. The monoisotopic (exact) mass is 290 g/mol. The third-order valence-corrected chi connectivity index (χ3v) is 2.15. The Hall–Kier alpha value is -0.287. The predicted octanol–water partition coefficient (Wildman–Crippen LogP) is 3.99. The van der Waals surface area contributed by atoms with Crippen molar-refractivity contribution in [1.82, 2.24) is 0 Å². The van der Waals surface area contributed by atoms with Crippen LogP contribution in [0.25, 0.3) is 0 Å². The van der Waals surface area contributed by atoms with Crippen LogP contribution in [0, 0.1) is 17.6 Å². The van der Waals surface area contributed by atoms with Gasteiger partial charge in [-0.15, -0.1) is 12.8 Å². The average Bonchev–Trinajstić information content (AvgIpc) is 2.96. The minimum atomic E-state index is 0.323. The molecule has 0 aromatic carbocycles. The van der Waals surface area contributed by atoms with E-state index in [1.54, 1.807) is 0 Å². The van der Waals surface area contributed by atoms with Gasteiger partial charge in [-0.25, -0.2) is 18.2 Å². The Morgan fingerprint density at radius 2 is 1.88 bits per heavy atom. The molecule has 0 nitrogen and oxygen atoms in total. The second kappa shape index (κ2) is 8.82. The van der Waals surface area contributed by atoms with Crippen LogP contribution >= 0.6 is 0 Å². The van der Waals surface area contributed by atoms with Crippen molar-refractivity contribution in [3.05, 3.63) is 48.1 Å². The molecule has 16 heavy (non-hydrogen) atoms. The van der Waals surface area contributed by atoms with Gasteiger partial charge in [-0.05, 0) is 0 Å². The quantitative estimate of drug-likeness (QED) is 0.592. The van der Waals surface area contributed by atoms with E-state index < -0.39 is 0 Å². The number of hydrogen-bond donors (Lipinski definition) is 0. The fraction of sp³-hybridized carbons (Fsp3) is 0.400. The van der Waals surface area contributed by atoms with Crippen LogP contribution in [0.4, 0.5) is 0 Å². The Balaban J connectivity index is 0.000000272. The summed E-state index contributed by atoms with van der Waals surface area (Å²) in [6.45, 7) is 6.67. The fourth-order valence-electron chi connectivity index (χ4n) is 1.26. The third-order valence-electron chi connectivity index (χ3n) is 2.15. The summed E-state index contributed by atoms with van der Waals surface area (Å²) in [4.78, 5) is 0. The zero-order valence-corrected chi connectivity index (χ0v) is 13.0. The molecule has 2 aliphatic carbocycles. The van der Waals surface area contributed by atoms with Crippen LogP contribution in [0.2, 0.25) is 0 Å². The zero-order valence-electron chi connectivity index (χ0n) is 10.5. The third kappa shape index (κ3) is 7.06. The Bertz CT molecular complexity index is 288. The van der Waals surface area contributed by atoms with E-state index in [-0.39, 0.29) is 0 Å². The van der Waals surface area contributed by atoms with Gasteiger partial charge in [0.05, 0.1) is 0 Å². The molecule has 84 valence electrons. The van der Waals surface area contributed by atoms with Gasteiger partial charge in [-0.2, -0.15) is 17.7 Å². The van der Waals surface area contributed by atoms with Crippen LogP contribution in [0.15, 0.2) is 36.0 Å². The molecule has 0 spiro atoms. The Morgan fingerprint density at radius 1 is 1.19 bits per heavy atom. The zero-order chi connectivity index (χ0) is 12.4. The maximum atomic E-state index is 3.34. The predicted molar refractivity (Wildman–Crippen MR) is 68.7 cm³/mol. The van der Waals surface area contributed by atoms with E-state index in [4.69, 9.17) is 0 Å². The number of rotatable bonds is 0. The van der Waals surface area contributed by atoms with Crippen LogP contribution in [-0.4, -0.2) is 4.21 Å². The summed E-state index contributed by atoms with van der Waals surface area (Å²) in [7, 11) is 0. The van der Waals surface area contributed by atoms with Crippen molar-refractivity contribution in [3.63, 3.8) is 0 Å². The van der Waals surface area contributed by atoms with Gasteiger partial charge >= 0.3 is 28.4 Å². The molecule has 0 atom stereocenters. The van der Waals surface area contributed by atoms with Gasteiger partial charge < -0.3 is 0 Å². The number of hydrogen-bond acceptors (Lipinski definition) is 0. The normalized spacial score (nSPS) is 16.2. The van der Waals surface area contributed by atoms with Crippen molar-refractivity contribution in [1.29, 1.82) is 0 Å². The summed E-state index contributed by atoms with van der Waals surface area (Å²) < 4.78 is 3.34. The molecule has 0 amide bonds. The average molecular weight is 292 g/mol. The van der Waals surface area contributed by atoms with E-state index in [0.717, 1.165) is 12.8 Å². The van der Waals surface area contributed by atoms with Crippen molar-refractivity contribution < 1.29 is 24.2 Å². The first-order valence-corrected chi connectivity index (χ1v) is 7.19. The summed E-state index contributed by atoms with van der Waals surface area (Å²) in [6, 6.07) is 0. The molecule has 0 saturated carbocycles. The molecule has 0 bridgehead atoms.